The number of nitrogens with two attached hydrogens (primary N) is 1. The highest BCUT2D eigenvalue weighted by Crippen LogP contribution is 2.41. The Labute approximate surface area is 251 Å². The van der Waals surface area contributed by atoms with Crippen LogP contribution in [0.3, 0.4) is 0 Å². The Hall–Kier alpha value is -3.09. The van der Waals surface area contributed by atoms with E-state index in [1.165, 1.54) is 33.7 Å². The number of rotatable bonds is 6. The fraction of sp³-hybridized carbons (Fsp3) is 0.471. The lowest BCUT2D eigenvalue weighted by Crippen LogP contribution is -2.34. The van der Waals surface area contributed by atoms with Crippen LogP contribution in [0.2, 0.25) is 5.02 Å². The van der Waals surface area contributed by atoms with Crippen LogP contribution in [0.15, 0.2) is 64.9 Å². The highest BCUT2D eigenvalue weighted by atomic mass is 35.5. The van der Waals surface area contributed by atoms with Crippen molar-refractivity contribution in [3.63, 3.8) is 0 Å². The maximum atomic E-state index is 8.58. The van der Waals surface area contributed by atoms with E-state index in [9.17, 15) is 0 Å². The van der Waals surface area contributed by atoms with Crippen molar-refractivity contribution >= 4 is 23.7 Å². The molecule has 41 heavy (non-hydrogen) atoms. The van der Waals surface area contributed by atoms with Crippen LogP contribution in [0.5, 0.6) is 5.75 Å². The van der Waals surface area contributed by atoms with E-state index >= 15 is 0 Å². The van der Waals surface area contributed by atoms with E-state index in [1.807, 2.05) is 6.07 Å². The van der Waals surface area contributed by atoms with Crippen LogP contribution in [0.1, 0.15) is 58.1 Å². The molecule has 1 aliphatic heterocycles. The highest BCUT2D eigenvalue weighted by molar-refractivity contribution is 6.31. The lowest BCUT2D eigenvalue weighted by atomic mass is 9.72. The van der Waals surface area contributed by atoms with Gasteiger partial charge < -0.3 is 20.3 Å². The van der Waals surface area contributed by atoms with Gasteiger partial charge in [-0.3, -0.25) is 9.79 Å². The third-order valence-corrected chi connectivity index (χ3v) is 7.99. The smallest absolute Gasteiger partial charge is 0.204 e. The molecule has 1 saturated carbocycles. The van der Waals surface area contributed by atoms with Gasteiger partial charge in [-0.1, -0.05) is 58.0 Å². The average Bonchev–Trinajstić information content (AvgIpc) is 3.08. The fourth-order valence-electron chi connectivity index (χ4n) is 5.74. The SMILES string of the molecule is C=C(CN(C)C)N=C1CCC(C)(C)C/C1=C(/C(C)C)N1CCOc2ccc(-c3ccc(Cl)c(C)c3)cc2C1.NC=O. The summed E-state index contributed by atoms with van der Waals surface area (Å²) in [4.78, 5) is 18.4. The minimum Gasteiger partial charge on any atom is -0.491 e. The number of allylic oxidation sites excluding steroid dienone is 2. The van der Waals surface area contributed by atoms with Gasteiger partial charge in [-0.05, 0) is 98.1 Å². The van der Waals surface area contributed by atoms with E-state index in [0.717, 1.165) is 60.9 Å². The molecule has 2 aromatic rings. The molecule has 0 atom stereocenters. The number of carbonyl (C=O) groups excluding carboxylic acids is 1. The minimum absolute atomic E-state index is 0.247. The number of halogens is 1. The van der Waals surface area contributed by atoms with Crippen molar-refractivity contribution in [2.45, 2.75) is 60.4 Å². The van der Waals surface area contributed by atoms with Gasteiger partial charge in [0.1, 0.15) is 12.4 Å². The van der Waals surface area contributed by atoms with Gasteiger partial charge in [-0.15, -0.1) is 0 Å². The van der Waals surface area contributed by atoms with Crippen molar-refractivity contribution in [3.05, 3.63) is 76.1 Å². The highest BCUT2D eigenvalue weighted by Gasteiger charge is 2.33. The summed E-state index contributed by atoms with van der Waals surface area (Å²) in [5.74, 6) is 1.35. The molecule has 0 saturated heterocycles. The molecule has 2 aromatic carbocycles. The Bertz CT molecular complexity index is 1310. The first-order chi connectivity index (χ1) is 19.3. The number of likely N-dealkylation sites (N-methyl/N-ethyl adjacent to an activating group) is 1. The minimum atomic E-state index is 0.247. The summed E-state index contributed by atoms with van der Waals surface area (Å²) in [6.07, 6.45) is 3.42. The predicted octanol–water partition coefficient (Wildman–Crippen LogP) is 7.25. The Kier molecular flexibility index (Phi) is 11.2. The number of primary amides is 1. The fourth-order valence-corrected chi connectivity index (χ4v) is 5.86. The van der Waals surface area contributed by atoms with Gasteiger partial charge >= 0.3 is 0 Å². The first kappa shape index (κ1) is 32.4. The number of benzene rings is 2. The summed E-state index contributed by atoms with van der Waals surface area (Å²) >= 11 is 6.30. The molecule has 4 rings (SSSR count). The maximum absolute atomic E-state index is 8.58. The van der Waals surface area contributed by atoms with Crippen LogP contribution in [-0.2, 0) is 11.3 Å². The largest absolute Gasteiger partial charge is 0.491 e. The number of aryl methyl sites for hydroxylation is 1. The molecule has 0 bridgehead atoms. The number of fused-ring (bicyclic) bond motifs is 1. The lowest BCUT2D eigenvalue weighted by Gasteiger charge is -2.38. The molecule has 1 fully saturated rings. The molecule has 7 heteroatoms. The van der Waals surface area contributed by atoms with Crippen LogP contribution in [0.25, 0.3) is 11.1 Å². The third kappa shape index (κ3) is 8.70. The van der Waals surface area contributed by atoms with Crippen LogP contribution in [0, 0.1) is 18.3 Å². The zero-order valence-corrected chi connectivity index (χ0v) is 26.6. The lowest BCUT2D eigenvalue weighted by molar-refractivity contribution is -0.106. The zero-order chi connectivity index (χ0) is 30.3. The van der Waals surface area contributed by atoms with Gasteiger partial charge in [-0.2, -0.15) is 0 Å². The quantitative estimate of drug-likeness (QED) is 0.366. The van der Waals surface area contributed by atoms with Crippen LogP contribution in [0.4, 0.5) is 0 Å². The monoisotopic (exact) mass is 578 g/mol. The second kappa shape index (κ2) is 14.2. The van der Waals surface area contributed by atoms with Crippen molar-refractivity contribution < 1.29 is 9.53 Å². The van der Waals surface area contributed by atoms with E-state index in [1.54, 1.807) is 0 Å². The van der Waals surface area contributed by atoms with Gasteiger partial charge in [0.2, 0.25) is 6.41 Å². The molecular weight excluding hydrogens is 532 g/mol. The van der Waals surface area contributed by atoms with E-state index in [4.69, 9.17) is 26.1 Å². The second-order valence-electron chi connectivity index (χ2n) is 12.4. The molecule has 1 aliphatic carbocycles. The Morgan fingerprint density at radius 2 is 1.88 bits per heavy atom. The molecule has 0 aromatic heterocycles. The maximum Gasteiger partial charge on any atom is 0.204 e. The molecule has 1 heterocycles. The van der Waals surface area contributed by atoms with Gasteiger partial charge in [0.05, 0.1) is 6.54 Å². The molecule has 0 unspecified atom stereocenters. The standard InChI is InChI=1S/C33H44ClN3O.CH3NO/c1-22(2)32(28-19-33(5,6)14-13-30(28)35-24(4)20-36(7)8)37-15-16-38-31-12-10-26(18-27(31)21-37)25-9-11-29(34)23(3)17-25;2-1-3/h9-12,17-18,22H,4,13-16,19-21H2,1-3,5-8H3;1H,(H2,2,3)/b32-28+,35-30?;. The van der Waals surface area contributed by atoms with E-state index in [-0.39, 0.29) is 11.8 Å². The van der Waals surface area contributed by atoms with Crippen LogP contribution >= 0.6 is 11.6 Å². The van der Waals surface area contributed by atoms with Gasteiger partial charge in [0.15, 0.2) is 0 Å². The van der Waals surface area contributed by atoms with Crippen molar-refractivity contribution in [1.29, 1.82) is 0 Å². The molecule has 2 aliphatic rings. The molecule has 6 nitrogen and oxygen atoms in total. The Morgan fingerprint density at radius 3 is 2.51 bits per heavy atom. The average molecular weight is 579 g/mol. The van der Waals surface area contributed by atoms with Crippen LogP contribution in [-0.4, -0.2) is 55.7 Å². The molecular formula is C34H47ClN4O2. The Balaban J connectivity index is 0.00000147. The predicted molar refractivity (Wildman–Crippen MR) is 172 cm³/mol. The second-order valence-corrected chi connectivity index (χ2v) is 12.8. The van der Waals surface area contributed by atoms with Gasteiger partial charge in [0, 0.05) is 40.8 Å². The number of aliphatic imine (C=N–C) groups is 1. The normalized spacial score (nSPS) is 18.7. The third-order valence-electron chi connectivity index (χ3n) is 7.56. The molecule has 1 amide bonds. The number of nitrogens with zero attached hydrogens (tertiary/aromatic N) is 3. The number of hydrogen-bond donors (Lipinski definition) is 1. The molecule has 0 spiro atoms. The summed E-state index contributed by atoms with van der Waals surface area (Å²) in [6, 6.07) is 12.8. The summed E-state index contributed by atoms with van der Waals surface area (Å²) in [5.41, 5.74) is 14.0. The van der Waals surface area contributed by atoms with Crippen molar-refractivity contribution in [2.75, 3.05) is 33.8 Å². The van der Waals surface area contributed by atoms with Crippen molar-refractivity contribution in [3.8, 4) is 16.9 Å². The Morgan fingerprint density at radius 1 is 1.22 bits per heavy atom. The number of hydrogen-bond acceptors (Lipinski definition) is 5. The number of carbonyl (C=O) groups is 1. The molecule has 0 radical (unpaired) electrons. The summed E-state index contributed by atoms with van der Waals surface area (Å²) in [6.45, 7) is 18.8. The van der Waals surface area contributed by atoms with E-state index in [0.29, 0.717) is 12.5 Å². The van der Waals surface area contributed by atoms with Gasteiger partial charge in [-0.25, -0.2) is 0 Å². The summed E-state index contributed by atoms with van der Waals surface area (Å²) in [7, 11) is 4.14. The first-order valence-electron chi connectivity index (χ1n) is 14.4. The summed E-state index contributed by atoms with van der Waals surface area (Å²) < 4.78 is 6.27. The molecule has 2 N–H and O–H groups in total. The number of amides is 1. The first-order valence-corrected chi connectivity index (χ1v) is 14.8. The zero-order valence-electron chi connectivity index (χ0n) is 25.9. The topological polar surface area (TPSA) is 71.2 Å². The molecule has 222 valence electrons. The van der Waals surface area contributed by atoms with E-state index in [2.05, 4.69) is 101 Å². The number of ether oxygens (including phenoxy) is 1. The van der Waals surface area contributed by atoms with Crippen molar-refractivity contribution in [2.24, 2.45) is 22.1 Å². The van der Waals surface area contributed by atoms with Gasteiger partial charge in [0.25, 0.3) is 0 Å². The van der Waals surface area contributed by atoms with Crippen molar-refractivity contribution in [1.82, 2.24) is 9.80 Å². The van der Waals surface area contributed by atoms with Crippen LogP contribution < -0.4 is 10.5 Å². The van der Waals surface area contributed by atoms with E-state index < -0.39 is 0 Å². The summed E-state index contributed by atoms with van der Waals surface area (Å²) in [5, 5.41) is 0.798.